The lowest BCUT2D eigenvalue weighted by molar-refractivity contribution is -0.119. The number of rotatable bonds is 2. The third kappa shape index (κ3) is 1.99. The van der Waals surface area contributed by atoms with E-state index >= 15 is 0 Å². The number of carbonyl (C=O) groups excluding carboxylic acids is 1. The zero-order chi connectivity index (χ0) is 17.1. The van der Waals surface area contributed by atoms with Gasteiger partial charge >= 0.3 is 0 Å². The summed E-state index contributed by atoms with van der Waals surface area (Å²) in [4.78, 5) is 12.1. The molecule has 0 bridgehead atoms. The second-order valence-corrected chi connectivity index (χ2v) is 6.67. The number of amides is 1. The molecule has 4 N–H and O–H groups in total. The van der Waals surface area contributed by atoms with Crippen LogP contribution in [0.2, 0.25) is 0 Å². The molecule has 2 aromatic rings. The van der Waals surface area contributed by atoms with E-state index in [4.69, 9.17) is 4.74 Å². The number of aromatic hydroxyl groups is 1. The lowest BCUT2D eigenvalue weighted by atomic mass is 9.86. The Bertz CT molecular complexity index is 861. The minimum Gasteiger partial charge on any atom is -0.508 e. The molecule has 1 atom stereocenters. The van der Waals surface area contributed by atoms with Gasteiger partial charge in [-0.2, -0.15) is 0 Å². The van der Waals surface area contributed by atoms with Crippen LogP contribution in [0.15, 0.2) is 30.3 Å². The fraction of sp³-hybridized carbons (Fsp3) is 0.278. The Morgan fingerprint density at radius 3 is 2.50 bits per heavy atom. The van der Waals surface area contributed by atoms with E-state index in [-0.39, 0.29) is 17.8 Å². The first-order valence-corrected chi connectivity index (χ1v) is 7.80. The van der Waals surface area contributed by atoms with Gasteiger partial charge in [-0.3, -0.25) is 4.79 Å². The summed E-state index contributed by atoms with van der Waals surface area (Å²) in [7, 11) is 1.58. The molecule has 0 radical (unpaired) electrons. The van der Waals surface area contributed by atoms with E-state index in [1.807, 2.05) is 32.0 Å². The number of methoxy groups -OCH3 is 1. The summed E-state index contributed by atoms with van der Waals surface area (Å²) < 4.78 is 5.37. The maximum atomic E-state index is 12.1. The average Bonchev–Trinajstić information content (AvgIpc) is 3.04. The Hall–Kier alpha value is -2.89. The molecule has 6 heteroatoms. The van der Waals surface area contributed by atoms with Crippen LogP contribution < -0.4 is 20.7 Å². The van der Waals surface area contributed by atoms with Crippen molar-refractivity contribution in [1.82, 2.24) is 0 Å². The van der Waals surface area contributed by atoms with Gasteiger partial charge in [0.05, 0.1) is 23.9 Å². The van der Waals surface area contributed by atoms with Gasteiger partial charge < -0.3 is 25.8 Å². The number of ether oxygens (including phenoxy) is 1. The summed E-state index contributed by atoms with van der Waals surface area (Å²) in [5.74, 6) is 0.779. The van der Waals surface area contributed by atoms with Gasteiger partial charge in [0.15, 0.2) is 0 Å². The monoisotopic (exact) mass is 325 g/mol. The second-order valence-electron chi connectivity index (χ2n) is 6.67. The van der Waals surface area contributed by atoms with Gasteiger partial charge in [-0.15, -0.1) is 0 Å². The van der Waals surface area contributed by atoms with E-state index in [1.54, 1.807) is 19.2 Å². The smallest absolute Gasteiger partial charge is 0.234 e. The van der Waals surface area contributed by atoms with Crippen molar-refractivity contribution in [3.8, 4) is 11.5 Å². The highest BCUT2D eigenvalue weighted by Gasteiger charge is 2.40. The largest absolute Gasteiger partial charge is 0.508 e. The van der Waals surface area contributed by atoms with Crippen molar-refractivity contribution >= 4 is 23.0 Å². The van der Waals surface area contributed by atoms with Gasteiger partial charge in [0.2, 0.25) is 5.91 Å². The van der Waals surface area contributed by atoms with Crippen molar-refractivity contribution in [3.63, 3.8) is 0 Å². The molecule has 2 aliphatic heterocycles. The topological polar surface area (TPSA) is 82.6 Å². The Morgan fingerprint density at radius 1 is 1.08 bits per heavy atom. The lowest BCUT2D eigenvalue weighted by Crippen LogP contribution is -2.26. The SMILES string of the molecule is COc1cc(O)ccc1C1Nc2cc3c(cc2N1)C(C)(C)C(=O)N3. The van der Waals surface area contributed by atoms with Crippen LogP contribution in [0.25, 0.3) is 0 Å². The maximum absolute atomic E-state index is 12.1. The minimum atomic E-state index is -0.541. The molecule has 1 unspecified atom stereocenters. The summed E-state index contributed by atoms with van der Waals surface area (Å²) in [6.07, 6.45) is -0.170. The molecule has 0 aromatic heterocycles. The van der Waals surface area contributed by atoms with Crippen LogP contribution in [-0.4, -0.2) is 18.1 Å². The molecule has 2 aliphatic rings. The molecule has 124 valence electrons. The summed E-state index contributed by atoms with van der Waals surface area (Å²) in [5, 5.41) is 19.4. The predicted octanol–water partition coefficient (Wildman–Crippen LogP) is 3.17. The number of hydrogen-bond acceptors (Lipinski definition) is 5. The van der Waals surface area contributed by atoms with Crippen molar-refractivity contribution < 1.29 is 14.6 Å². The fourth-order valence-electron chi connectivity index (χ4n) is 3.30. The summed E-state index contributed by atoms with van der Waals surface area (Å²) in [5.41, 5.74) is 4.05. The molecule has 4 rings (SSSR count). The second kappa shape index (κ2) is 4.80. The van der Waals surface area contributed by atoms with Gasteiger partial charge in [0.25, 0.3) is 0 Å². The van der Waals surface area contributed by atoms with E-state index < -0.39 is 5.41 Å². The maximum Gasteiger partial charge on any atom is 0.234 e. The first-order valence-electron chi connectivity index (χ1n) is 7.80. The van der Waals surface area contributed by atoms with Crippen LogP contribution in [0.1, 0.15) is 31.1 Å². The molecular formula is C18H19N3O3. The molecule has 6 nitrogen and oxygen atoms in total. The van der Waals surface area contributed by atoms with Gasteiger partial charge in [-0.05, 0) is 43.7 Å². The number of carbonyl (C=O) groups is 1. The molecule has 2 heterocycles. The van der Waals surface area contributed by atoms with Crippen molar-refractivity contribution in [2.45, 2.75) is 25.4 Å². The zero-order valence-electron chi connectivity index (χ0n) is 13.7. The average molecular weight is 325 g/mol. The summed E-state index contributed by atoms with van der Waals surface area (Å²) in [6, 6.07) is 9.02. The van der Waals surface area contributed by atoms with Crippen LogP contribution in [0.5, 0.6) is 11.5 Å². The highest BCUT2D eigenvalue weighted by molar-refractivity contribution is 6.07. The third-order valence-electron chi connectivity index (χ3n) is 4.77. The third-order valence-corrected chi connectivity index (χ3v) is 4.77. The van der Waals surface area contributed by atoms with Crippen LogP contribution in [-0.2, 0) is 10.2 Å². The van der Waals surface area contributed by atoms with Crippen LogP contribution in [0.3, 0.4) is 0 Å². The summed E-state index contributed by atoms with van der Waals surface area (Å²) in [6.45, 7) is 3.84. The Balaban J connectivity index is 1.70. The zero-order valence-corrected chi connectivity index (χ0v) is 13.7. The first kappa shape index (κ1) is 14.7. The Morgan fingerprint density at radius 2 is 1.79 bits per heavy atom. The number of anilines is 3. The molecule has 0 spiro atoms. The molecule has 0 fully saturated rings. The number of benzene rings is 2. The van der Waals surface area contributed by atoms with Crippen LogP contribution in [0, 0.1) is 0 Å². The molecule has 2 aromatic carbocycles. The highest BCUT2D eigenvalue weighted by Crippen LogP contribution is 2.46. The fourth-order valence-corrected chi connectivity index (χ4v) is 3.30. The van der Waals surface area contributed by atoms with Gasteiger partial charge in [0, 0.05) is 17.3 Å². The quantitative estimate of drug-likeness (QED) is 0.682. The van der Waals surface area contributed by atoms with E-state index in [0.29, 0.717) is 5.75 Å². The number of nitrogens with one attached hydrogen (secondary N) is 3. The van der Waals surface area contributed by atoms with Crippen molar-refractivity contribution in [1.29, 1.82) is 0 Å². The molecular weight excluding hydrogens is 306 g/mol. The minimum absolute atomic E-state index is 0.0120. The number of phenols is 1. The van der Waals surface area contributed by atoms with Gasteiger partial charge in [-0.1, -0.05) is 0 Å². The Labute approximate surface area is 139 Å². The van der Waals surface area contributed by atoms with Gasteiger partial charge in [0.1, 0.15) is 17.7 Å². The van der Waals surface area contributed by atoms with Crippen molar-refractivity contribution in [3.05, 3.63) is 41.5 Å². The standard InChI is InChI=1S/C18H19N3O3/c1-18(2)11-7-13-14(8-12(11)21-17(18)23)20-16(19-13)10-5-4-9(22)6-15(10)24-3/h4-8,16,19-20,22H,1-3H3,(H,21,23). The molecule has 0 aliphatic carbocycles. The highest BCUT2D eigenvalue weighted by atomic mass is 16.5. The van der Waals surface area contributed by atoms with Crippen molar-refractivity contribution in [2.75, 3.05) is 23.1 Å². The first-order chi connectivity index (χ1) is 11.4. The van der Waals surface area contributed by atoms with Crippen molar-refractivity contribution in [2.24, 2.45) is 0 Å². The normalized spacial score (nSPS) is 19.8. The lowest BCUT2D eigenvalue weighted by Gasteiger charge is -2.17. The number of hydrogen-bond donors (Lipinski definition) is 4. The number of fused-ring (bicyclic) bond motifs is 2. The molecule has 0 saturated carbocycles. The molecule has 1 amide bonds. The van der Waals surface area contributed by atoms with Crippen LogP contribution >= 0.6 is 0 Å². The van der Waals surface area contributed by atoms with Gasteiger partial charge in [-0.25, -0.2) is 0 Å². The molecule has 0 saturated heterocycles. The Kier molecular flexibility index (Phi) is 2.94. The van der Waals surface area contributed by atoms with E-state index in [1.165, 1.54) is 0 Å². The predicted molar refractivity (Wildman–Crippen MR) is 92.7 cm³/mol. The van der Waals surface area contributed by atoms with E-state index in [0.717, 1.165) is 28.2 Å². The van der Waals surface area contributed by atoms with E-state index in [2.05, 4.69) is 16.0 Å². The summed E-state index contributed by atoms with van der Waals surface area (Å²) >= 11 is 0. The molecule has 24 heavy (non-hydrogen) atoms. The number of phenolic OH excluding ortho intramolecular Hbond substituents is 1. The van der Waals surface area contributed by atoms with E-state index in [9.17, 15) is 9.90 Å². The van der Waals surface area contributed by atoms with Crippen LogP contribution in [0.4, 0.5) is 17.1 Å².